The zero-order chi connectivity index (χ0) is 19.9. The number of aliphatic hydroxyl groups is 1. The van der Waals surface area contributed by atoms with Crippen molar-refractivity contribution >= 4 is 17.5 Å². The van der Waals surface area contributed by atoms with Gasteiger partial charge in [0.1, 0.15) is 18.2 Å². The molecule has 1 aromatic heterocycles. The summed E-state index contributed by atoms with van der Waals surface area (Å²) in [6.45, 7) is 4.30. The quantitative estimate of drug-likeness (QED) is 0.441. The minimum atomic E-state index is -0.653. The summed E-state index contributed by atoms with van der Waals surface area (Å²) in [4.78, 5) is 11.3. The van der Waals surface area contributed by atoms with Gasteiger partial charge in [-0.25, -0.2) is 0 Å². The summed E-state index contributed by atoms with van der Waals surface area (Å²) in [7, 11) is 0. The normalized spacial score (nSPS) is 12.0. The number of ether oxygens (including phenoxy) is 1. The van der Waals surface area contributed by atoms with Crippen LogP contribution in [0.1, 0.15) is 28.7 Å². The molecule has 3 rings (SSSR count). The van der Waals surface area contributed by atoms with Gasteiger partial charge in [0.05, 0.1) is 12.6 Å². The number of benzene rings is 2. The molecule has 0 aliphatic heterocycles. The molecule has 0 saturated carbocycles. The van der Waals surface area contributed by atoms with E-state index in [1.54, 1.807) is 24.3 Å². The summed E-state index contributed by atoms with van der Waals surface area (Å²) in [6.07, 6.45) is -0.653. The molecule has 1 atom stereocenters. The molecule has 3 aromatic rings. The Morgan fingerprint density at radius 3 is 2.54 bits per heavy atom. The third-order valence-electron chi connectivity index (χ3n) is 4.19. The molecule has 0 saturated heterocycles. The minimum absolute atomic E-state index is 0.0119. The van der Waals surface area contributed by atoms with Crippen molar-refractivity contribution in [2.45, 2.75) is 31.7 Å². The third-order valence-corrected chi connectivity index (χ3v) is 5.31. The highest BCUT2D eigenvalue weighted by Gasteiger charge is 2.13. The molecule has 0 bridgehead atoms. The van der Waals surface area contributed by atoms with Crippen molar-refractivity contribution in [3.63, 3.8) is 0 Å². The van der Waals surface area contributed by atoms with E-state index in [-0.39, 0.29) is 12.4 Å². The Morgan fingerprint density at radius 1 is 1.14 bits per heavy atom. The van der Waals surface area contributed by atoms with Crippen molar-refractivity contribution in [2.24, 2.45) is 0 Å². The molecule has 0 radical (unpaired) electrons. The van der Waals surface area contributed by atoms with Crippen LogP contribution in [0.25, 0.3) is 0 Å². The second-order valence-electron chi connectivity index (χ2n) is 6.46. The molecule has 7 heteroatoms. The van der Waals surface area contributed by atoms with E-state index >= 15 is 0 Å². The standard InChI is InChI=1S/C21H23N3O3S/c1-15(25)18-8-10-20(11-9-18)27-13-19(26)14-28-21-23-22-16(2)24(21)12-17-6-4-3-5-7-17/h3-11,19,26H,12-14H2,1-2H3. The number of thioether (sulfide) groups is 1. The van der Waals surface area contributed by atoms with Gasteiger partial charge in [-0.2, -0.15) is 0 Å². The maximum atomic E-state index is 11.3. The number of hydrogen-bond donors (Lipinski definition) is 1. The van der Waals surface area contributed by atoms with Crippen molar-refractivity contribution in [1.82, 2.24) is 14.8 Å². The van der Waals surface area contributed by atoms with Crippen LogP contribution in [0.2, 0.25) is 0 Å². The van der Waals surface area contributed by atoms with Crippen molar-refractivity contribution in [2.75, 3.05) is 12.4 Å². The number of aromatic nitrogens is 3. The summed E-state index contributed by atoms with van der Waals surface area (Å²) >= 11 is 1.45. The average Bonchev–Trinajstić information content (AvgIpc) is 3.05. The Balaban J connectivity index is 1.52. The van der Waals surface area contributed by atoms with E-state index in [1.165, 1.54) is 24.2 Å². The van der Waals surface area contributed by atoms with Gasteiger partial charge in [0.25, 0.3) is 0 Å². The van der Waals surface area contributed by atoms with Crippen molar-refractivity contribution in [3.05, 3.63) is 71.5 Å². The summed E-state index contributed by atoms with van der Waals surface area (Å²) in [5.74, 6) is 1.91. The fraction of sp³-hybridized carbons (Fsp3) is 0.286. The van der Waals surface area contributed by atoms with Crippen molar-refractivity contribution in [1.29, 1.82) is 0 Å². The highest BCUT2D eigenvalue weighted by Crippen LogP contribution is 2.20. The first-order chi connectivity index (χ1) is 13.5. The first-order valence-electron chi connectivity index (χ1n) is 9.01. The van der Waals surface area contributed by atoms with Crippen LogP contribution in [0.3, 0.4) is 0 Å². The summed E-state index contributed by atoms with van der Waals surface area (Å²) in [5.41, 5.74) is 1.81. The molecule has 0 fully saturated rings. The maximum Gasteiger partial charge on any atom is 0.191 e. The van der Waals surface area contributed by atoms with Crippen LogP contribution in [0.4, 0.5) is 0 Å². The molecule has 0 aliphatic rings. The topological polar surface area (TPSA) is 77.2 Å². The van der Waals surface area contributed by atoms with Crippen LogP contribution < -0.4 is 4.74 Å². The molecular formula is C21H23N3O3S. The Morgan fingerprint density at radius 2 is 1.86 bits per heavy atom. The van der Waals surface area contributed by atoms with Gasteiger partial charge >= 0.3 is 0 Å². The lowest BCUT2D eigenvalue weighted by Gasteiger charge is -2.13. The van der Waals surface area contributed by atoms with E-state index in [0.717, 1.165) is 11.0 Å². The largest absolute Gasteiger partial charge is 0.491 e. The molecule has 6 nitrogen and oxygen atoms in total. The number of Topliss-reactive ketones (excluding diaryl/α,β-unsaturated/α-hetero) is 1. The van der Waals surface area contributed by atoms with Crippen molar-refractivity contribution in [3.8, 4) is 5.75 Å². The van der Waals surface area contributed by atoms with Crippen LogP contribution in [-0.4, -0.2) is 44.1 Å². The van der Waals surface area contributed by atoms with Crippen LogP contribution in [0, 0.1) is 6.92 Å². The molecule has 1 heterocycles. The fourth-order valence-corrected chi connectivity index (χ4v) is 3.50. The second kappa shape index (κ2) is 9.52. The number of carbonyl (C=O) groups is 1. The molecule has 0 aliphatic carbocycles. The van der Waals surface area contributed by atoms with E-state index in [1.807, 2.05) is 29.7 Å². The lowest BCUT2D eigenvalue weighted by atomic mass is 10.1. The molecular weight excluding hydrogens is 374 g/mol. The molecule has 0 spiro atoms. The van der Waals surface area contributed by atoms with E-state index < -0.39 is 6.10 Å². The SMILES string of the molecule is CC(=O)c1ccc(OCC(O)CSc2nnc(C)n2Cc2ccccc2)cc1. The van der Waals surface area contributed by atoms with Gasteiger partial charge in [-0.15, -0.1) is 10.2 Å². The van der Waals surface area contributed by atoms with Crippen LogP contribution in [0.5, 0.6) is 5.75 Å². The van der Waals surface area contributed by atoms with E-state index in [9.17, 15) is 9.90 Å². The number of hydrogen-bond acceptors (Lipinski definition) is 6. The highest BCUT2D eigenvalue weighted by atomic mass is 32.2. The number of ketones is 1. The average molecular weight is 398 g/mol. The number of nitrogens with zero attached hydrogens (tertiary/aromatic N) is 3. The van der Waals surface area contributed by atoms with Gasteiger partial charge in [-0.1, -0.05) is 42.1 Å². The Labute approximate surface area is 168 Å². The molecule has 1 N–H and O–H groups in total. The molecule has 0 amide bonds. The molecule has 146 valence electrons. The molecule has 28 heavy (non-hydrogen) atoms. The number of carbonyl (C=O) groups excluding carboxylic acids is 1. The van der Waals surface area contributed by atoms with Gasteiger partial charge in [0.15, 0.2) is 10.9 Å². The highest BCUT2D eigenvalue weighted by molar-refractivity contribution is 7.99. The summed E-state index contributed by atoms with van der Waals surface area (Å²) in [5, 5.41) is 19.4. The van der Waals surface area contributed by atoms with E-state index in [4.69, 9.17) is 4.74 Å². The zero-order valence-corrected chi connectivity index (χ0v) is 16.7. The van der Waals surface area contributed by atoms with Crippen LogP contribution in [-0.2, 0) is 6.54 Å². The number of aliphatic hydroxyl groups excluding tert-OH is 1. The monoisotopic (exact) mass is 397 g/mol. The van der Waals surface area contributed by atoms with Gasteiger partial charge in [0.2, 0.25) is 0 Å². The minimum Gasteiger partial charge on any atom is -0.491 e. The van der Waals surface area contributed by atoms with E-state index in [2.05, 4.69) is 22.3 Å². The fourth-order valence-electron chi connectivity index (χ4n) is 2.61. The number of rotatable bonds is 9. The summed E-state index contributed by atoms with van der Waals surface area (Å²) < 4.78 is 7.64. The van der Waals surface area contributed by atoms with Gasteiger partial charge in [-0.3, -0.25) is 4.79 Å². The lowest BCUT2D eigenvalue weighted by molar-refractivity contribution is 0.101. The van der Waals surface area contributed by atoms with Gasteiger partial charge < -0.3 is 14.4 Å². The van der Waals surface area contributed by atoms with Crippen molar-refractivity contribution < 1.29 is 14.6 Å². The van der Waals surface area contributed by atoms with E-state index in [0.29, 0.717) is 23.6 Å². The first-order valence-corrected chi connectivity index (χ1v) is 10.00. The van der Waals surface area contributed by atoms with Crippen LogP contribution >= 0.6 is 11.8 Å². The third kappa shape index (κ3) is 5.43. The van der Waals surface area contributed by atoms with Crippen LogP contribution in [0.15, 0.2) is 59.8 Å². The Bertz CT molecular complexity index is 910. The van der Waals surface area contributed by atoms with Gasteiger partial charge in [-0.05, 0) is 43.7 Å². The Hall–Kier alpha value is -2.64. The second-order valence-corrected chi connectivity index (χ2v) is 7.45. The smallest absolute Gasteiger partial charge is 0.191 e. The molecule has 1 unspecified atom stereocenters. The summed E-state index contributed by atoms with van der Waals surface area (Å²) in [6, 6.07) is 17.0. The zero-order valence-electron chi connectivity index (χ0n) is 15.9. The first kappa shape index (κ1) is 20.1. The maximum absolute atomic E-state index is 11.3. The lowest BCUT2D eigenvalue weighted by Crippen LogP contribution is -2.20. The van der Waals surface area contributed by atoms with Gasteiger partial charge in [0, 0.05) is 11.3 Å². The predicted octanol–water partition coefficient (Wildman–Crippen LogP) is 3.37. The Kier molecular flexibility index (Phi) is 6.84. The predicted molar refractivity (Wildman–Crippen MR) is 109 cm³/mol. The molecule has 2 aromatic carbocycles. The number of aryl methyl sites for hydroxylation is 1.